The fraction of sp³-hybridized carbons (Fsp3) is 0.412. The van der Waals surface area contributed by atoms with Gasteiger partial charge in [0.25, 0.3) is 5.56 Å². The highest BCUT2D eigenvalue weighted by molar-refractivity contribution is 7.71. The lowest BCUT2D eigenvalue weighted by Gasteiger charge is -2.12. The van der Waals surface area contributed by atoms with Crippen LogP contribution >= 0.6 is 12.2 Å². The van der Waals surface area contributed by atoms with E-state index in [9.17, 15) is 4.79 Å². The van der Waals surface area contributed by atoms with E-state index < -0.39 is 0 Å². The first-order valence-electron chi connectivity index (χ1n) is 7.67. The molecule has 0 atom stereocenters. The molecule has 1 heterocycles. The maximum absolute atomic E-state index is 12.1. The van der Waals surface area contributed by atoms with Crippen molar-refractivity contribution in [1.29, 1.82) is 0 Å². The first kappa shape index (κ1) is 17.3. The Hall–Kier alpha value is -2.08. The minimum absolute atomic E-state index is 0.157. The van der Waals surface area contributed by atoms with Gasteiger partial charge >= 0.3 is 0 Å². The zero-order valence-corrected chi connectivity index (χ0v) is 14.5. The van der Waals surface area contributed by atoms with E-state index in [-0.39, 0.29) is 5.56 Å². The zero-order valence-electron chi connectivity index (χ0n) is 13.7. The minimum atomic E-state index is -0.157. The first-order valence-corrected chi connectivity index (χ1v) is 8.07. The van der Waals surface area contributed by atoms with Gasteiger partial charge in [-0.25, -0.2) is 0 Å². The molecule has 2 aromatic rings. The molecule has 124 valence electrons. The largest absolute Gasteiger partial charge is 0.493 e. The second-order valence-corrected chi connectivity index (χ2v) is 5.78. The highest BCUT2D eigenvalue weighted by Crippen LogP contribution is 2.29. The third-order valence-electron chi connectivity index (χ3n) is 3.62. The lowest BCUT2D eigenvalue weighted by Crippen LogP contribution is -2.16. The summed E-state index contributed by atoms with van der Waals surface area (Å²) in [5, 5.41) is 0. The van der Waals surface area contributed by atoms with Crippen LogP contribution in [0, 0.1) is 11.7 Å². The van der Waals surface area contributed by atoms with Gasteiger partial charge in [-0.2, -0.15) is 0 Å². The molecule has 0 saturated heterocycles. The van der Waals surface area contributed by atoms with Gasteiger partial charge in [-0.1, -0.05) is 19.4 Å². The Morgan fingerprint density at radius 2 is 2.00 bits per heavy atom. The lowest BCUT2D eigenvalue weighted by atomic mass is 10.0. The number of unbranched alkanes of at least 4 members (excludes halogenated alkanes) is 1. The molecule has 0 spiro atoms. The molecule has 0 saturated carbocycles. The van der Waals surface area contributed by atoms with Crippen molar-refractivity contribution >= 4 is 12.2 Å². The number of aromatic amines is 2. The molecule has 0 fully saturated rings. The van der Waals surface area contributed by atoms with Crippen molar-refractivity contribution in [2.45, 2.75) is 33.1 Å². The van der Waals surface area contributed by atoms with Crippen molar-refractivity contribution in [3.8, 4) is 11.5 Å². The monoisotopic (exact) mass is 334 g/mol. The predicted octanol–water partition coefficient (Wildman–Crippen LogP) is 3.52. The van der Waals surface area contributed by atoms with Crippen molar-refractivity contribution < 1.29 is 9.47 Å². The predicted molar refractivity (Wildman–Crippen MR) is 93.2 cm³/mol. The molecule has 2 N–H and O–H groups in total. The molecule has 0 amide bonds. The zero-order chi connectivity index (χ0) is 16.8. The Labute approximate surface area is 140 Å². The fourth-order valence-corrected chi connectivity index (χ4v) is 2.56. The maximum atomic E-state index is 12.1. The minimum Gasteiger partial charge on any atom is -0.493 e. The van der Waals surface area contributed by atoms with Crippen molar-refractivity contribution in [3.05, 3.63) is 50.1 Å². The number of methoxy groups -OCH3 is 1. The van der Waals surface area contributed by atoms with Crippen molar-refractivity contribution in [2.24, 2.45) is 0 Å². The molecule has 23 heavy (non-hydrogen) atoms. The SMILES string of the molecule is CCCCOc1cc(Cc2c(C)[nH]c(=S)[nH]c2=O)ccc1OC. The summed E-state index contributed by atoms with van der Waals surface area (Å²) in [5.41, 5.74) is 2.28. The average molecular weight is 334 g/mol. The number of benzene rings is 1. The fourth-order valence-electron chi connectivity index (χ4n) is 2.31. The van der Waals surface area contributed by atoms with Gasteiger partial charge < -0.3 is 14.5 Å². The number of H-pyrrole nitrogens is 2. The highest BCUT2D eigenvalue weighted by Gasteiger charge is 2.10. The molecular weight excluding hydrogens is 312 g/mol. The molecule has 1 aromatic carbocycles. The van der Waals surface area contributed by atoms with E-state index in [1.165, 1.54) is 0 Å². The van der Waals surface area contributed by atoms with E-state index in [2.05, 4.69) is 16.9 Å². The maximum Gasteiger partial charge on any atom is 0.255 e. The van der Waals surface area contributed by atoms with Gasteiger partial charge in [-0.3, -0.25) is 9.78 Å². The Kier molecular flexibility index (Phi) is 5.98. The number of aryl methyl sites for hydroxylation is 1. The van der Waals surface area contributed by atoms with Crippen LogP contribution in [0.25, 0.3) is 0 Å². The molecule has 0 radical (unpaired) electrons. The Bertz CT molecular complexity index is 780. The molecule has 0 aliphatic heterocycles. The van der Waals surface area contributed by atoms with Crippen LogP contribution in [0.5, 0.6) is 11.5 Å². The summed E-state index contributed by atoms with van der Waals surface area (Å²) in [6.07, 6.45) is 2.56. The standard InChI is InChI=1S/C17H22N2O3S/c1-4-5-8-22-15-10-12(6-7-14(15)21-3)9-13-11(2)18-17(23)19-16(13)20/h6-7,10H,4-5,8-9H2,1-3H3,(H2,18,19,20,23). The van der Waals surface area contributed by atoms with E-state index >= 15 is 0 Å². The van der Waals surface area contributed by atoms with Crippen LogP contribution in [0.3, 0.4) is 0 Å². The third-order valence-corrected chi connectivity index (χ3v) is 3.82. The summed E-state index contributed by atoms with van der Waals surface area (Å²) in [4.78, 5) is 17.7. The van der Waals surface area contributed by atoms with Gasteiger partial charge in [0, 0.05) is 17.7 Å². The number of rotatable bonds is 7. The Morgan fingerprint density at radius 3 is 2.65 bits per heavy atom. The molecule has 0 aliphatic rings. The molecule has 0 aliphatic carbocycles. The van der Waals surface area contributed by atoms with Gasteiger partial charge in [0.05, 0.1) is 13.7 Å². The summed E-state index contributed by atoms with van der Waals surface area (Å²) < 4.78 is 11.5. The van der Waals surface area contributed by atoms with Crippen LogP contribution in [0.15, 0.2) is 23.0 Å². The summed E-state index contributed by atoms with van der Waals surface area (Å²) in [7, 11) is 1.62. The van der Waals surface area contributed by atoms with Crippen molar-refractivity contribution in [2.75, 3.05) is 13.7 Å². The van der Waals surface area contributed by atoms with Crippen LogP contribution in [0.4, 0.5) is 0 Å². The second kappa shape index (κ2) is 7.97. The number of nitrogens with one attached hydrogen (secondary N) is 2. The van der Waals surface area contributed by atoms with Crippen molar-refractivity contribution in [1.82, 2.24) is 9.97 Å². The summed E-state index contributed by atoms with van der Waals surface area (Å²) in [5.74, 6) is 1.40. The molecular formula is C17H22N2O3S. The number of hydrogen-bond acceptors (Lipinski definition) is 4. The van der Waals surface area contributed by atoms with Crippen molar-refractivity contribution in [3.63, 3.8) is 0 Å². The molecule has 6 heteroatoms. The van der Waals surface area contributed by atoms with Gasteiger partial charge in [0.2, 0.25) is 0 Å². The third kappa shape index (κ3) is 4.45. The van der Waals surface area contributed by atoms with E-state index in [1.807, 2.05) is 25.1 Å². The number of hydrogen-bond donors (Lipinski definition) is 2. The van der Waals surface area contributed by atoms with E-state index in [1.54, 1.807) is 7.11 Å². The van der Waals surface area contributed by atoms with Crippen LogP contribution in [0.2, 0.25) is 0 Å². The Morgan fingerprint density at radius 1 is 1.22 bits per heavy atom. The molecule has 0 unspecified atom stereocenters. The van der Waals surface area contributed by atoms with Gasteiger partial charge in [0.1, 0.15) is 0 Å². The summed E-state index contributed by atoms with van der Waals surface area (Å²) in [6.45, 7) is 4.61. The highest BCUT2D eigenvalue weighted by atomic mass is 32.1. The summed E-state index contributed by atoms with van der Waals surface area (Å²) >= 11 is 4.98. The van der Waals surface area contributed by atoms with E-state index in [0.29, 0.717) is 34.9 Å². The van der Waals surface area contributed by atoms with Gasteiger partial charge in [0.15, 0.2) is 16.3 Å². The molecule has 2 rings (SSSR count). The number of ether oxygens (including phenoxy) is 2. The second-order valence-electron chi connectivity index (χ2n) is 5.38. The first-order chi connectivity index (χ1) is 11.0. The molecule has 1 aromatic heterocycles. The van der Waals surface area contributed by atoms with E-state index in [0.717, 1.165) is 24.1 Å². The Balaban J connectivity index is 2.28. The topological polar surface area (TPSA) is 67.1 Å². The van der Waals surface area contributed by atoms with Crippen LogP contribution in [-0.4, -0.2) is 23.7 Å². The van der Waals surface area contributed by atoms with E-state index in [4.69, 9.17) is 21.7 Å². The molecule has 5 nitrogen and oxygen atoms in total. The summed E-state index contributed by atoms with van der Waals surface area (Å²) in [6, 6.07) is 5.73. The quantitative estimate of drug-likeness (QED) is 0.600. The average Bonchev–Trinajstić information content (AvgIpc) is 2.51. The van der Waals surface area contributed by atoms with Gasteiger partial charge in [-0.15, -0.1) is 0 Å². The number of aromatic nitrogens is 2. The van der Waals surface area contributed by atoms with Gasteiger partial charge in [-0.05, 0) is 43.3 Å². The normalized spacial score (nSPS) is 10.6. The smallest absolute Gasteiger partial charge is 0.255 e. The molecule has 0 bridgehead atoms. The van der Waals surface area contributed by atoms with Crippen LogP contribution in [-0.2, 0) is 6.42 Å². The van der Waals surface area contributed by atoms with Crippen LogP contribution in [0.1, 0.15) is 36.6 Å². The lowest BCUT2D eigenvalue weighted by molar-refractivity contribution is 0.288. The van der Waals surface area contributed by atoms with Crippen LogP contribution < -0.4 is 15.0 Å².